The molecule has 2 heterocycles. The van der Waals surface area contributed by atoms with Gasteiger partial charge in [0.15, 0.2) is 0 Å². The number of urea groups is 1. The molecule has 7 nitrogen and oxygen atoms in total. The number of carbonyl (C=O) groups is 3. The van der Waals surface area contributed by atoms with Crippen LogP contribution in [0.2, 0.25) is 5.02 Å². The molecule has 1 unspecified atom stereocenters. The number of carbonyl (C=O) groups excluding carboxylic acids is 3. The van der Waals surface area contributed by atoms with Crippen LogP contribution >= 0.6 is 11.6 Å². The van der Waals surface area contributed by atoms with Gasteiger partial charge in [-0.15, -0.1) is 0 Å². The largest absolute Gasteiger partial charge is 0.350 e. The third kappa shape index (κ3) is 3.78. The average molecular weight is 391 g/mol. The van der Waals surface area contributed by atoms with Crippen LogP contribution in [-0.4, -0.2) is 53.3 Å². The van der Waals surface area contributed by atoms with Gasteiger partial charge in [0.1, 0.15) is 6.54 Å². The summed E-state index contributed by atoms with van der Waals surface area (Å²) in [7, 11) is 1.61. The van der Waals surface area contributed by atoms with Crippen molar-refractivity contribution < 1.29 is 14.4 Å². The van der Waals surface area contributed by atoms with Crippen LogP contribution in [0.1, 0.15) is 32.4 Å². The molecule has 0 fully saturated rings. The molecule has 8 heteroatoms. The highest BCUT2D eigenvalue weighted by Crippen LogP contribution is 2.37. The van der Waals surface area contributed by atoms with E-state index in [9.17, 15) is 14.4 Å². The fraction of sp³-hybridized carbons (Fsp3) is 0.421. The number of hydrogen-bond acceptors (Lipinski definition) is 3. The fourth-order valence-electron chi connectivity index (χ4n) is 3.32. The first kappa shape index (κ1) is 19.2. The lowest BCUT2D eigenvalue weighted by Gasteiger charge is -2.31. The number of nitrogens with one attached hydrogen (secondary N) is 2. The zero-order valence-corrected chi connectivity index (χ0v) is 16.6. The van der Waals surface area contributed by atoms with E-state index < -0.39 is 6.04 Å². The Balaban J connectivity index is 1.90. The number of likely N-dealkylation sites (N-methyl/N-ethyl adjacent to an activating group) is 1. The Hall–Kier alpha value is -2.54. The topological polar surface area (TPSA) is 81.8 Å². The second kappa shape index (κ2) is 6.88. The van der Waals surface area contributed by atoms with Crippen LogP contribution in [0.15, 0.2) is 35.5 Å². The minimum absolute atomic E-state index is 0.0691. The summed E-state index contributed by atoms with van der Waals surface area (Å²) in [6.07, 6.45) is 0. The molecule has 0 radical (unpaired) electrons. The molecule has 0 aliphatic carbocycles. The summed E-state index contributed by atoms with van der Waals surface area (Å²) in [5.74, 6) is -0.516. The highest BCUT2D eigenvalue weighted by Gasteiger charge is 2.43. The molecule has 0 bridgehead atoms. The van der Waals surface area contributed by atoms with Crippen LogP contribution in [0.4, 0.5) is 4.79 Å². The van der Waals surface area contributed by atoms with E-state index in [-0.39, 0.29) is 36.5 Å². The molecule has 2 aliphatic rings. The monoisotopic (exact) mass is 390 g/mol. The lowest BCUT2D eigenvalue weighted by atomic mass is 9.96. The van der Waals surface area contributed by atoms with Crippen molar-refractivity contribution in [1.29, 1.82) is 0 Å². The number of halogens is 1. The second-order valence-electron chi connectivity index (χ2n) is 7.78. The quantitative estimate of drug-likeness (QED) is 0.828. The van der Waals surface area contributed by atoms with E-state index in [4.69, 9.17) is 11.6 Å². The van der Waals surface area contributed by atoms with Crippen LogP contribution in [0.5, 0.6) is 0 Å². The number of nitrogens with zero attached hydrogens (tertiary/aromatic N) is 2. The van der Waals surface area contributed by atoms with E-state index in [2.05, 4.69) is 10.6 Å². The number of hydrogen-bond donors (Lipinski definition) is 2. The summed E-state index contributed by atoms with van der Waals surface area (Å²) in [5.41, 5.74) is 1.31. The van der Waals surface area contributed by atoms with Crippen molar-refractivity contribution in [1.82, 2.24) is 20.4 Å². The Morgan fingerprint density at radius 2 is 1.96 bits per heavy atom. The highest BCUT2D eigenvalue weighted by atomic mass is 35.5. The van der Waals surface area contributed by atoms with Crippen LogP contribution in [0, 0.1) is 0 Å². The molecule has 0 spiro atoms. The third-order valence-corrected chi connectivity index (χ3v) is 4.84. The summed E-state index contributed by atoms with van der Waals surface area (Å²) in [6.45, 7) is 5.77. The predicted molar refractivity (Wildman–Crippen MR) is 102 cm³/mol. The molecule has 1 aromatic rings. The first-order valence-corrected chi connectivity index (χ1v) is 9.08. The number of rotatable bonds is 3. The van der Waals surface area contributed by atoms with Gasteiger partial charge in [0.25, 0.3) is 5.91 Å². The Labute approximate surface area is 163 Å². The SMILES string of the molecule is CN1C(=O)NC(c2ccccc2Cl)C2=C1CN(CC(=O)NC(C)(C)C)C2=O. The Morgan fingerprint density at radius 1 is 1.30 bits per heavy atom. The van der Waals surface area contributed by atoms with E-state index in [1.807, 2.05) is 20.8 Å². The number of amides is 4. The molecule has 27 heavy (non-hydrogen) atoms. The molecule has 0 saturated heterocycles. The Kier molecular flexibility index (Phi) is 4.90. The Bertz CT molecular complexity index is 844. The van der Waals surface area contributed by atoms with Crippen molar-refractivity contribution in [2.45, 2.75) is 32.4 Å². The summed E-state index contributed by atoms with van der Waals surface area (Å²) >= 11 is 6.30. The predicted octanol–water partition coefficient (Wildman–Crippen LogP) is 2.05. The van der Waals surface area contributed by atoms with Crippen LogP contribution in [0.25, 0.3) is 0 Å². The average Bonchev–Trinajstić information content (AvgIpc) is 2.87. The van der Waals surface area contributed by atoms with E-state index >= 15 is 0 Å². The standard InChI is InChI=1S/C19H23ClN4O3/c1-19(2,3)22-14(25)10-24-9-13-15(17(24)26)16(21-18(27)23(13)4)11-7-5-6-8-12(11)20/h5-8,16H,9-10H2,1-4H3,(H,21,27)(H,22,25). The van der Waals surface area contributed by atoms with Gasteiger partial charge in [-0.25, -0.2) is 4.79 Å². The van der Waals surface area contributed by atoms with Gasteiger partial charge in [-0.2, -0.15) is 0 Å². The highest BCUT2D eigenvalue weighted by molar-refractivity contribution is 6.31. The minimum atomic E-state index is -0.638. The van der Waals surface area contributed by atoms with Crippen molar-refractivity contribution in [3.05, 3.63) is 46.1 Å². The maximum Gasteiger partial charge on any atom is 0.322 e. The maximum atomic E-state index is 13.1. The molecule has 0 saturated carbocycles. The summed E-state index contributed by atoms with van der Waals surface area (Å²) < 4.78 is 0. The summed E-state index contributed by atoms with van der Waals surface area (Å²) in [6, 6.07) is 6.14. The second-order valence-corrected chi connectivity index (χ2v) is 8.19. The lowest BCUT2D eigenvalue weighted by Crippen LogP contribution is -2.46. The third-order valence-electron chi connectivity index (χ3n) is 4.50. The molecular weight excluding hydrogens is 368 g/mol. The van der Waals surface area contributed by atoms with Crippen molar-refractivity contribution >= 4 is 29.4 Å². The van der Waals surface area contributed by atoms with Crippen LogP contribution < -0.4 is 10.6 Å². The van der Waals surface area contributed by atoms with Gasteiger partial charge in [0.05, 0.1) is 23.9 Å². The lowest BCUT2D eigenvalue weighted by molar-refractivity contribution is -0.132. The van der Waals surface area contributed by atoms with Crippen molar-refractivity contribution in [3.8, 4) is 0 Å². The zero-order valence-electron chi connectivity index (χ0n) is 15.8. The first-order valence-electron chi connectivity index (χ1n) is 8.70. The molecule has 2 aliphatic heterocycles. The van der Waals surface area contributed by atoms with E-state index in [0.29, 0.717) is 21.9 Å². The van der Waals surface area contributed by atoms with Crippen LogP contribution in [-0.2, 0) is 9.59 Å². The smallest absolute Gasteiger partial charge is 0.322 e. The molecule has 3 rings (SSSR count). The van der Waals surface area contributed by atoms with Gasteiger partial charge >= 0.3 is 6.03 Å². The summed E-state index contributed by atoms with van der Waals surface area (Å²) in [5, 5.41) is 6.15. The van der Waals surface area contributed by atoms with Crippen molar-refractivity contribution in [2.24, 2.45) is 0 Å². The van der Waals surface area contributed by atoms with Gasteiger partial charge in [-0.3, -0.25) is 14.5 Å². The van der Waals surface area contributed by atoms with E-state index in [1.165, 1.54) is 9.80 Å². The molecule has 0 aromatic heterocycles. The minimum Gasteiger partial charge on any atom is -0.350 e. The molecule has 1 atom stereocenters. The van der Waals surface area contributed by atoms with Gasteiger partial charge < -0.3 is 15.5 Å². The first-order chi connectivity index (χ1) is 12.6. The van der Waals surface area contributed by atoms with Crippen LogP contribution in [0.3, 0.4) is 0 Å². The van der Waals surface area contributed by atoms with E-state index in [0.717, 1.165) is 0 Å². The summed E-state index contributed by atoms with van der Waals surface area (Å²) in [4.78, 5) is 40.6. The molecule has 4 amide bonds. The van der Waals surface area contributed by atoms with E-state index in [1.54, 1.807) is 31.3 Å². The molecular formula is C19H23ClN4O3. The van der Waals surface area contributed by atoms with Gasteiger partial charge in [-0.1, -0.05) is 29.8 Å². The normalized spacial score (nSPS) is 20.0. The molecule has 144 valence electrons. The van der Waals surface area contributed by atoms with Gasteiger partial charge in [0.2, 0.25) is 5.91 Å². The number of benzene rings is 1. The van der Waals surface area contributed by atoms with Crippen molar-refractivity contribution in [3.63, 3.8) is 0 Å². The van der Waals surface area contributed by atoms with Gasteiger partial charge in [0, 0.05) is 17.6 Å². The van der Waals surface area contributed by atoms with Gasteiger partial charge in [-0.05, 0) is 32.4 Å². The Morgan fingerprint density at radius 3 is 2.59 bits per heavy atom. The zero-order chi connectivity index (χ0) is 19.9. The van der Waals surface area contributed by atoms with Crippen molar-refractivity contribution in [2.75, 3.05) is 20.1 Å². The fourth-order valence-corrected chi connectivity index (χ4v) is 3.57. The molecule has 1 aromatic carbocycles. The molecule has 2 N–H and O–H groups in total. The maximum absolute atomic E-state index is 13.1.